The molecule has 0 radical (unpaired) electrons. The second-order valence-electron chi connectivity index (χ2n) is 5.15. The van der Waals surface area contributed by atoms with Crippen LogP contribution in [0.1, 0.15) is 29.1 Å². The van der Waals surface area contributed by atoms with E-state index in [1.165, 1.54) is 10.4 Å². The van der Waals surface area contributed by atoms with E-state index >= 15 is 0 Å². The highest BCUT2D eigenvalue weighted by Crippen LogP contribution is 2.28. The lowest BCUT2D eigenvalue weighted by Crippen LogP contribution is -2.21. The van der Waals surface area contributed by atoms with Gasteiger partial charge >= 0.3 is 0 Å². The van der Waals surface area contributed by atoms with Crippen molar-refractivity contribution in [1.29, 1.82) is 0 Å². The Kier molecular flexibility index (Phi) is 4.73. The molecule has 0 bridgehead atoms. The van der Waals surface area contributed by atoms with Crippen molar-refractivity contribution < 1.29 is 0 Å². The molecule has 2 rings (SSSR count). The van der Waals surface area contributed by atoms with Crippen LogP contribution >= 0.6 is 22.9 Å². The molecule has 1 atom stereocenters. The molecule has 0 fully saturated rings. The SMILES string of the molecule is Cc1nn(C)c(N(C)C)c1CNC(C)c1ccc(Cl)s1. The second kappa shape index (κ2) is 6.16. The molecule has 6 heteroatoms. The zero-order chi connectivity index (χ0) is 14.9. The summed E-state index contributed by atoms with van der Waals surface area (Å²) in [7, 11) is 6.07. The smallest absolute Gasteiger partial charge is 0.130 e. The van der Waals surface area contributed by atoms with E-state index < -0.39 is 0 Å². The van der Waals surface area contributed by atoms with Gasteiger partial charge in [-0.05, 0) is 26.0 Å². The van der Waals surface area contributed by atoms with Gasteiger partial charge in [0.1, 0.15) is 5.82 Å². The lowest BCUT2D eigenvalue weighted by atomic mass is 10.2. The van der Waals surface area contributed by atoms with E-state index in [0.717, 1.165) is 22.4 Å². The van der Waals surface area contributed by atoms with Crippen LogP contribution in [0.3, 0.4) is 0 Å². The van der Waals surface area contributed by atoms with E-state index in [1.54, 1.807) is 11.3 Å². The quantitative estimate of drug-likeness (QED) is 0.919. The van der Waals surface area contributed by atoms with Gasteiger partial charge in [-0.1, -0.05) is 11.6 Å². The lowest BCUT2D eigenvalue weighted by molar-refractivity contribution is 0.581. The van der Waals surface area contributed by atoms with Crippen molar-refractivity contribution in [2.45, 2.75) is 26.4 Å². The predicted molar refractivity (Wildman–Crippen MR) is 86.9 cm³/mol. The molecule has 2 heterocycles. The predicted octanol–water partition coefficient (Wildman–Crippen LogP) is 3.36. The first-order valence-corrected chi connectivity index (χ1v) is 7.78. The Hall–Kier alpha value is -1.04. The summed E-state index contributed by atoms with van der Waals surface area (Å²) >= 11 is 7.61. The molecule has 0 spiro atoms. The van der Waals surface area contributed by atoms with Crippen LogP contribution in [0, 0.1) is 6.92 Å². The molecule has 1 unspecified atom stereocenters. The third-order valence-corrected chi connectivity index (χ3v) is 4.76. The summed E-state index contributed by atoms with van der Waals surface area (Å²) in [5, 5.41) is 8.05. The number of rotatable bonds is 5. The van der Waals surface area contributed by atoms with E-state index in [0.29, 0.717) is 0 Å². The van der Waals surface area contributed by atoms with Crippen LogP contribution in [0.2, 0.25) is 4.34 Å². The van der Waals surface area contributed by atoms with Gasteiger partial charge in [0.05, 0.1) is 10.0 Å². The molecular formula is C14H21ClN4S. The molecule has 0 saturated heterocycles. The molecule has 0 aliphatic heterocycles. The average Bonchev–Trinajstić information content (AvgIpc) is 2.90. The first-order valence-electron chi connectivity index (χ1n) is 6.58. The zero-order valence-electron chi connectivity index (χ0n) is 12.6. The molecule has 1 N–H and O–H groups in total. The van der Waals surface area contributed by atoms with Crippen LogP contribution in [0.4, 0.5) is 5.82 Å². The van der Waals surface area contributed by atoms with Gasteiger partial charge in [0.2, 0.25) is 0 Å². The molecule has 20 heavy (non-hydrogen) atoms. The number of nitrogens with one attached hydrogen (secondary N) is 1. The normalized spacial score (nSPS) is 12.7. The molecule has 0 aliphatic carbocycles. The van der Waals surface area contributed by atoms with Gasteiger partial charge in [-0.2, -0.15) is 5.10 Å². The van der Waals surface area contributed by atoms with Crippen molar-refractivity contribution in [3.63, 3.8) is 0 Å². The van der Waals surface area contributed by atoms with Gasteiger partial charge in [-0.25, -0.2) is 0 Å². The standard InChI is InChI=1S/C14H21ClN4S/c1-9-11(14(18(3)4)19(5)17-9)8-16-10(2)12-6-7-13(15)20-12/h6-7,10,16H,8H2,1-5H3. The molecule has 0 aliphatic rings. The van der Waals surface area contributed by atoms with Gasteiger partial charge in [-0.15, -0.1) is 11.3 Å². The first kappa shape index (κ1) is 15.4. The molecule has 4 nitrogen and oxygen atoms in total. The Labute approximate surface area is 129 Å². The summed E-state index contributed by atoms with van der Waals surface area (Å²) in [4.78, 5) is 3.35. The topological polar surface area (TPSA) is 33.1 Å². The molecule has 2 aromatic heterocycles. The summed E-state index contributed by atoms with van der Waals surface area (Å²) in [5.74, 6) is 1.14. The van der Waals surface area contributed by atoms with E-state index in [9.17, 15) is 0 Å². The fourth-order valence-corrected chi connectivity index (χ4v) is 3.46. The first-order chi connectivity index (χ1) is 9.40. The highest BCUT2D eigenvalue weighted by atomic mass is 35.5. The Morgan fingerprint density at radius 1 is 1.45 bits per heavy atom. The second-order valence-corrected chi connectivity index (χ2v) is 6.90. The number of hydrogen-bond acceptors (Lipinski definition) is 4. The van der Waals surface area contributed by atoms with E-state index in [1.807, 2.05) is 31.9 Å². The molecule has 110 valence electrons. The largest absolute Gasteiger partial charge is 0.363 e. The van der Waals surface area contributed by atoms with Crippen LogP contribution in [0.15, 0.2) is 12.1 Å². The summed E-state index contributed by atoms with van der Waals surface area (Å²) < 4.78 is 2.76. The van der Waals surface area contributed by atoms with Crippen LogP contribution in [-0.4, -0.2) is 23.9 Å². The van der Waals surface area contributed by atoms with Crippen molar-refractivity contribution in [3.05, 3.63) is 32.6 Å². The molecule has 0 saturated carbocycles. The number of aromatic nitrogens is 2. The van der Waals surface area contributed by atoms with Crippen LogP contribution in [0.5, 0.6) is 0 Å². The Balaban J connectivity index is 2.11. The van der Waals surface area contributed by atoms with Crippen molar-refractivity contribution in [2.24, 2.45) is 7.05 Å². The van der Waals surface area contributed by atoms with Crippen LogP contribution in [-0.2, 0) is 13.6 Å². The number of anilines is 1. The Bertz CT molecular complexity index is 588. The number of halogens is 1. The number of nitrogens with zero attached hydrogens (tertiary/aromatic N) is 3. The van der Waals surface area contributed by atoms with Crippen LogP contribution in [0.25, 0.3) is 0 Å². The maximum Gasteiger partial charge on any atom is 0.130 e. The number of thiophene rings is 1. The van der Waals surface area contributed by atoms with Gasteiger partial charge in [-0.3, -0.25) is 4.68 Å². The van der Waals surface area contributed by atoms with Gasteiger partial charge < -0.3 is 10.2 Å². The van der Waals surface area contributed by atoms with E-state index in [-0.39, 0.29) is 6.04 Å². The van der Waals surface area contributed by atoms with Crippen molar-refractivity contribution >= 4 is 28.8 Å². The monoisotopic (exact) mass is 312 g/mol. The lowest BCUT2D eigenvalue weighted by Gasteiger charge is -2.17. The molecule has 2 aromatic rings. The summed E-state index contributed by atoms with van der Waals surface area (Å²) in [6.45, 7) is 5.00. The minimum absolute atomic E-state index is 0.280. The highest BCUT2D eigenvalue weighted by Gasteiger charge is 2.16. The minimum Gasteiger partial charge on any atom is -0.363 e. The third-order valence-electron chi connectivity index (χ3n) is 3.34. The van der Waals surface area contributed by atoms with Gasteiger partial charge in [0.25, 0.3) is 0 Å². The summed E-state index contributed by atoms with van der Waals surface area (Å²) in [6.07, 6.45) is 0. The molecule has 0 aromatic carbocycles. The highest BCUT2D eigenvalue weighted by molar-refractivity contribution is 7.16. The summed E-state index contributed by atoms with van der Waals surface area (Å²) in [5.41, 5.74) is 2.31. The Morgan fingerprint density at radius 2 is 2.15 bits per heavy atom. The average molecular weight is 313 g/mol. The van der Waals surface area contributed by atoms with Crippen molar-refractivity contribution in [1.82, 2.24) is 15.1 Å². The van der Waals surface area contributed by atoms with Gasteiger partial charge in [0.15, 0.2) is 0 Å². The number of aryl methyl sites for hydroxylation is 2. The van der Waals surface area contributed by atoms with Crippen molar-refractivity contribution in [3.8, 4) is 0 Å². The fourth-order valence-electron chi connectivity index (χ4n) is 2.37. The molecule has 0 amide bonds. The van der Waals surface area contributed by atoms with Gasteiger partial charge in [0, 0.05) is 44.2 Å². The van der Waals surface area contributed by atoms with E-state index in [2.05, 4.69) is 35.2 Å². The minimum atomic E-state index is 0.280. The zero-order valence-corrected chi connectivity index (χ0v) is 14.1. The Morgan fingerprint density at radius 3 is 2.70 bits per heavy atom. The maximum atomic E-state index is 5.99. The maximum absolute atomic E-state index is 5.99. The van der Waals surface area contributed by atoms with Crippen molar-refractivity contribution in [2.75, 3.05) is 19.0 Å². The van der Waals surface area contributed by atoms with E-state index in [4.69, 9.17) is 11.6 Å². The fraction of sp³-hybridized carbons (Fsp3) is 0.500. The third kappa shape index (κ3) is 3.16. The molecular weight excluding hydrogens is 292 g/mol. The summed E-state index contributed by atoms with van der Waals surface area (Å²) in [6, 6.07) is 4.30. The van der Waals surface area contributed by atoms with Crippen LogP contribution < -0.4 is 10.2 Å². The number of hydrogen-bond donors (Lipinski definition) is 1.